The van der Waals surface area contributed by atoms with Crippen molar-refractivity contribution in [1.82, 2.24) is 4.83 Å². The molecule has 0 aliphatic rings. The van der Waals surface area contributed by atoms with Gasteiger partial charge in [0.1, 0.15) is 0 Å². The van der Waals surface area contributed by atoms with Crippen LogP contribution in [0.3, 0.4) is 0 Å². The molecule has 0 saturated heterocycles. The van der Waals surface area contributed by atoms with Gasteiger partial charge in [-0.2, -0.15) is 13.5 Å². The summed E-state index contributed by atoms with van der Waals surface area (Å²) in [4.78, 5) is 2.37. The average molecular weight is 362 g/mol. The monoisotopic (exact) mass is 362 g/mol. The molecular weight excluding hydrogens is 340 g/mol. The Balaban J connectivity index is 2.13. The van der Waals surface area contributed by atoms with Gasteiger partial charge in [0.05, 0.1) is 24.3 Å². The molecule has 0 atom stereocenters. The molecule has 25 heavy (non-hydrogen) atoms. The Morgan fingerprint density at radius 1 is 1.00 bits per heavy atom. The lowest BCUT2D eigenvalue weighted by Gasteiger charge is -2.11. The van der Waals surface area contributed by atoms with Crippen molar-refractivity contribution in [3.8, 4) is 11.5 Å². The number of ether oxygens (including phenoxy) is 2. The van der Waals surface area contributed by atoms with Crippen molar-refractivity contribution in [2.45, 2.75) is 25.7 Å². The molecule has 0 bridgehead atoms. The van der Waals surface area contributed by atoms with E-state index in [9.17, 15) is 8.42 Å². The fourth-order valence-electron chi connectivity index (χ4n) is 2.09. The summed E-state index contributed by atoms with van der Waals surface area (Å²) in [6, 6.07) is 11.8. The van der Waals surface area contributed by atoms with E-state index in [0.717, 1.165) is 5.56 Å². The number of hydrogen-bond acceptors (Lipinski definition) is 5. The van der Waals surface area contributed by atoms with E-state index in [0.29, 0.717) is 30.3 Å². The average Bonchev–Trinajstić information content (AvgIpc) is 2.58. The summed E-state index contributed by atoms with van der Waals surface area (Å²) < 4.78 is 35.4. The Labute approximate surface area is 148 Å². The summed E-state index contributed by atoms with van der Waals surface area (Å²) in [7, 11) is -3.69. The molecule has 0 amide bonds. The molecule has 2 aromatic rings. The highest BCUT2D eigenvalue weighted by atomic mass is 32.2. The fourth-order valence-corrected chi connectivity index (χ4v) is 2.88. The highest BCUT2D eigenvalue weighted by Crippen LogP contribution is 2.28. The van der Waals surface area contributed by atoms with Crippen molar-refractivity contribution >= 4 is 16.2 Å². The van der Waals surface area contributed by atoms with Crippen LogP contribution in [-0.2, 0) is 10.0 Å². The van der Waals surface area contributed by atoms with Crippen LogP contribution in [0.15, 0.2) is 52.5 Å². The summed E-state index contributed by atoms with van der Waals surface area (Å²) in [6.45, 7) is 6.70. The van der Waals surface area contributed by atoms with Crippen molar-refractivity contribution in [2.24, 2.45) is 5.10 Å². The maximum absolute atomic E-state index is 12.2. The van der Waals surface area contributed by atoms with Crippen LogP contribution in [0.25, 0.3) is 0 Å². The molecule has 0 aliphatic carbocycles. The van der Waals surface area contributed by atoms with E-state index in [1.807, 2.05) is 20.8 Å². The molecule has 0 radical (unpaired) electrons. The molecule has 134 valence electrons. The zero-order chi connectivity index (χ0) is 18.3. The second-order valence-corrected chi connectivity index (χ2v) is 6.90. The SMILES string of the molecule is CCOc1ccc(/C=N\NS(=O)(=O)c2ccc(C)cc2)cc1OCC. The van der Waals surface area contributed by atoms with Gasteiger partial charge in [-0.1, -0.05) is 17.7 Å². The number of hydrazone groups is 1. The van der Waals surface area contributed by atoms with E-state index in [4.69, 9.17) is 9.47 Å². The second-order valence-electron chi connectivity index (χ2n) is 5.24. The minimum atomic E-state index is -3.69. The number of benzene rings is 2. The van der Waals surface area contributed by atoms with Crippen LogP contribution in [0.4, 0.5) is 0 Å². The highest BCUT2D eigenvalue weighted by Gasteiger charge is 2.12. The van der Waals surface area contributed by atoms with Crippen molar-refractivity contribution < 1.29 is 17.9 Å². The summed E-state index contributed by atoms with van der Waals surface area (Å²) in [5.74, 6) is 1.23. The number of nitrogens with zero attached hydrogens (tertiary/aromatic N) is 1. The lowest BCUT2D eigenvalue weighted by Crippen LogP contribution is -2.18. The molecule has 0 aliphatic heterocycles. The number of nitrogens with one attached hydrogen (secondary N) is 1. The second kappa shape index (κ2) is 8.53. The van der Waals surface area contributed by atoms with Crippen molar-refractivity contribution in [1.29, 1.82) is 0 Å². The van der Waals surface area contributed by atoms with Gasteiger partial charge in [0, 0.05) is 0 Å². The molecule has 0 aromatic heterocycles. The van der Waals surface area contributed by atoms with Crippen LogP contribution in [-0.4, -0.2) is 27.8 Å². The predicted molar refractivity (Wildman–Crippen MR) is 97.9 cm³/mol. The van der Waals surface area contributed by atoms with Crippen LogP contribution in [0.1, 0.15) is 25.0 Å². The summed E-state index contributed by atoms with van der Waals surface area (Å²) in [6.07, 6.45) is 1.42. The third-order valence-electron chi connectivity index (χ3n) is 3.29. The van der Waals surface area contributed by atoms with Crippen LogP contribution >= 0.6 is 0 Å². The molecule has 2 aromatic carbocycles. The normalized spacial score (nSPS) is 11.5. The molecule has 0 fully saturated rings. The Kier molecular flexibility index (Phi) is 6.41. The van der Waals surface area contributed by atoms with Gasteiger partial charge in [0.15, 0.2) is 11.5 Å². The molecule has 0 heterocycles. The molecule has 0 saturated carbocycles. The Morgan fingerprint density at radius 2 is 1.64 bits per heavy atom. The smallest absolute Gasteiger partial charge is 0.276 e. The van der Waals surface area contributed by atoms with Gasteiger partial charge in [-0.05, 0) is 56.7 Å². The van der Waals surface area contributed by atoms with Gasteiger partial charge in [0.25, 0.3) is 10.0 Å². The quantitative estimate of drug-likeness (QED) is 0.578. The number of aryl methyl sites for hydroxylation is 1. The van der Waals surface area contributed by atoms with E-state index < -0.39 is 10.0 Å². The first kappa shape index (κ1) is 18.8. The van der Waals surface area contributed by atoms with E-state index in [1.165, 1.54) is 18.3 Å². The predicted octanol–water partition coefficient (Wildman–Crippen LogP) is 3.10. The molecule has 0 unspecified atom stereocenters. The van der Waals surface area contributed by atoms with Gasteiger partial charge < -0.3 is 9.47 Å². The molecule has 2 rings (SSSR count). The maximum atomic E-state index is 12.2. The van der Waals surface area contributed by atoms with Crippen molar-refractivity contribution in [3.63, 3.8) is 0 Å². The summed E-state index contributed by atoms with van der Waals surface area (Å²) in [5.41, 5.74) is 1.68. The fraction of sp³-hybridized carbons (Fsp3) is 0.278. The van der Waals surface area contributed by atoms with Gasteiger partial charge in [-0.3, -0.25) is 0 Å². The van der Waals surface area contributed by atoms with E-state index in [2.05, 4.69) is 9.93 Å². The summed E-state index contributed by atoms with van der Waals surface area (Å²) >= 11 is 0. The lowest BCUT2D eigenvalue weighted by atomic mass is 10.2. The Bertz CT molecular complexity index is 831. The third kappa shape index (κ3) is 5.22. The largest absolute Gasteiger partial charge is 0.490 e. The molecule has 0 spiro atoms. The van der Waals surface area contributed by atoms with Gasteiger partial charge in [-0.25, -0.2) is 4.83 Å². The molecular formula is C18H22N2O4S. The zero-order valence-electron chi connectivity index (χ0n) is 14.5. The Morgan fingerprint density at radius 3 is 2.28 bits per heavy atom. The van der Waals surface area contributed by atoms with Crippen molar-refractivity contribution in [3.05, 3.63) is 53.6 Å². The maximum Gasteiger partial charge on any atom is 0.276 e. The van der Waals surface area contributed by atoms with Crippen LogP contribution < -0.4 is 14.3 Å². The minimum absolute atomic E-state index is 0.164. The molecule has 1 N–H and O–H groups in total. The minimum Gasteiger partial charge on any atom is -0.490 e. The number of hydrogen-bond donors (Lipinski definition) is 1. The lowest BCUT2D eigenvalue weighted by molar-refractivity contribution is 0.288. The first-order chi connectivity index (χ1) is 12.0. The molecule has 7 heteroatoms. The van der Waals surface area contributed by atoms with Crippen LogP contribution in [0, 0.1) is 6.92 Å². The van der Waals surface area contributed by atoms with Crippen LogP contribution in [0.5, 0.6) is 11.5 Å². The van der Waals surface area contributed by atoms with Crippen molar-refractivity contribution in [2.75, 3.05) is 13.2 Å². The standard InChI is InChI=1S/C18H22N2O4S/c1-4-23-17-11-8-15(12-18(17)24-5-2)13-19-20-25(21,22)16-9-6-14(3)7-10-16/h6-13,20H,4-5H2,1-3H3/b19-13-. The third-order valence-corrected chi connectivity index (χ3v) is 4.52. The first-order valence-electron chi connectivity index (χ1n) is 7.97. The Hall–Kier alpha value is -2.54. The summed E-state index contributed by atoms with van der Waals surface area (Å²) in [5, 5.41) is 3.83. The highest BCUT2D eigenvalue weighted by molar-refractivity contribution is 7.89. The van der Waals surface area contributed by atoms with E-state index in [1.54, 1.807) is 30.3 Å². The van der Waals surface area contributed by atoms with Gasteiger partial charge in [-0.15, -0.1) is 0 Å². The number of sulfonamides is 1. The first-order valence-corrected chi connectivity index (χ1v) is 9.45. The van der Waals surface area contributed by atoms with E-state index in [-0.39, 0.29) is 4.90 Å². The van der Waals surface area contributed by atoms with Gasteiger partial charge >= 0.3 is 0 Å². The van der Waals surface area contributed by atoms with E-state index >= 15 is 0 Å². The van der Waals surface area contributed by atoms with Gasteiger partial charge in [0.2, 0.25) is 0 Å². The molecule has 6 nitrogen and oxygen atoms in total. The zero-order valence-corrected chi connectivity index (χ0v) is 15.3. The topological polar surface area (TPSA) is 77.0 Å². The van der Waals surface area contributed by atoms with Crippen LogP contribution in [0.2, 0.25) is 0 Å². The number of rotatable bonds is 8.